The summed E-state index contributed by atoms with van der Waals surface area (Å²) in [6.07, 6.45) is 4.03. The largest absolute Gasteiger partial charge is 0.543 e. The molecule has 0 N–H and O–H groups in total. The number of carbonyl (C=O) groups is 4. The van der Waals surface area contributed by atoms with Crippen molar-refractivity contribution < 1.29 is 44.3 Å². The van der Waals surface area contributed by atoms with E-state index in [2.05, 4.69) is 28.9 Å². The first-order valence-corrected chi connectivity index (χ1v) is 9.14. The van der Waals surface area contributed by atoms with E-state index in [1.807, 2.05) is 19.2 Å². The van der Waals surface area contributed by atoms with Crippen LogP contribution in [0.2, 0.25) is 0 Å². The first kappa shape index (κ1) is 27.7. The number of carboxylic acid groups (broad SMARTS) is 4. The second-order valence-corrected chi connectivity index (χ2v) is 6.76. The van der Waals surface area contributed by atoms with Gasteiger partial charge in [-0.05, 0) is 45.6 Å². The topological polar surface area (TPSA) is 189 Å². The summed E-state index contributed by atoms with van der Waals surface area (Å²) < 4.78 is 6.02. The van der Waals surface area contributed by atoms with Gasteiger partial charge < -0.3 is 54.1 Å². The van der Waals surface area contributed by atoms with Crippen LogP contribution in [0.5, 0.6) is 5.88 Å². The first-order valence-electron chi connectivity index (χ1n) is 8.73. The third-order valence-electron chi connectivity index (χ3n) is 3.57. The van der Waals surface area contributed by atoms with E-state index < -0.39 is 23.9 Å². The maximum absolute atomic E-state index is 8.93. The summed E-state index contributed by atoms with van der Waals surface area (Å²) >= 11 is 5.47. The van der Waals surface area contributed by atoms with Gasteiger partial charge in [0.15, 0.2) is 0 Å². The monoisotopic (exact) mass is 455 g/mol. The Hall–Kier alpha value is -3.32. The summed E-state index contributed by atoms with van der Waals surface area (Å²) in [5.41, 5.74) is 0.926. The molecule has 1 aromatic heterocycles. The van der Waals surface area contributed by atoms with Crippen LogP contribution in [0.25, 0.3) is 0 Å². The van der Waals surface area contributed by atoms with E-state index in [1.165, 1.54) is 0 Å². The Morgan fingerprint density at radius 2 is 1.65 bits per heavy atom. The van der Waals surface area contributed by atoms with Crippen molar-refractivity contribution in [2.45, 2.75) is 18.9 Å². The fraction of sp³-hybridized carbons (Fsp3) is 0.444. The van der Waals surface area contributed by atoms with Gasteiger partial charge in [-0.3, -0.25) is 0 Å². The highest BCUT2D eigenvalue weighted by Gasteiger charge is 2.24. The molecule has 0 saturated carbocycles. The van der Waals surface area contributed by atoms with Crippen LogP contribution in [0, 0.1) is 0 Å². The number of ether oxygens (including phenoxy) is 1. The average molecular weight is 455 g/mol. The average Bonchev–Trinajstić information content (AvgIpc) is 2.79. The quantitative estimate of drug-likeness (QED) is 0.309. The molecule has 31 heavy (non-hydrogen) atoms. The fourth-order valence-corrected chi connectivity index (χ4v) is 2.45. The maximum atomic E-state index is 8.93. The highest BCUT2D eigenvalue weighted by atomic mass is 32.1. The summed E-state index contributed by atoms with van der Waals surface area (Å²) in [4.78, 5) is 45.1. The molecule has 0 amide bonds. The summed E-state index contributed by atoms with van der Waals surface area (Å²) in [6, 6.07) is 3.87. The lowest BCUT2D eigenvalue weighted by Gasteiger charge is -2.22. The van der Waals surface area contributed by atoms with Crippen LogP contribution in [0.1, 0.15) is 18.4 Å². The third kappa shape index (κ3) is 11.4. The van der Waals surface area contributed by atoms with Crippen LogP contribution < -0.4 is 25.2 Å². The second kappa shape index (κ2) is 13.8. The number of rotatable bonds is 4. The predicted octanol–water partition coefficient (Wildman–Crippen LogP) is -5.24. The van der Waals surface area contributed by atoms with Crippen molar-refractivity contribution in [1.82, 2.24) is 14.8 Å². The number of hydrogen-bond donors (Lipinski definition) is 0. The maximum Gasteiger partial charge on any atom is 0.224 e. The Morgan fingerprint density at radius 1 is 1.13 bits per heavy atom. The molecule has 1 unspecified atom stereocenters. The molecule has 0 aromatic carbocycles. The van der Waals surface area contributed by atoms with E-state index in [9.17, 15) is 0 Å². The highest BCUT2D eigenvalue weighted by Crippen LogP contribution is 2.23. The van der Waals surface area contributed by atoms with E-state index in [1.54, 1.807) is 6.20 Å². The van der Waals surface area contributed by atoms with Crippen molar-refractivity contribution in [2.75, 3.05) is 34.2 Å². The van der Waals surface area contributed by atoms with Crippen LogP contribution in [0.4, 0.5) is 0 Å². The molecule has 1 atom stereocenters. The van der Waals surface area contributed by atoms with Gasteiger partial charge >= 0.3 is 0 Å². The second-order valence-electron chi connectivity index (χ2n) is 6.38. The van der Waals surface area contributed by atoms with Crippen LogP contribution in [-0.2, 0) is 19.2 Å². The number of likely N-dealkylation sites (N-methyl/N-ethyl adjacent to an activating group) is 1. The molecule has 0 saturated heterocycles. The third-order valence-corrected chi connectivity index (χ3v) is 4.10. The van der Waals surface area contributed by atoms with E-state index in [0.717, 1.165) is 36.5 Å². The number of nitrogens with zero attached hydrogens (tertiary/aromatic N) is 3. The minimum Gasteiger partial charge on any atom is -0.543 e. The molecule has 13 heteroatoms. The number of aromatic nitrogens is 1. The van der Waals surface area contributed by atoms with Gasteiger partial charge in [-0.2, -0.15) is 0 Å². The number of aliphatic carboxylic acids is 4. The van der Waals surface area contributed by atoms with Crippen LogP contribution in [0.15, 0.2) is 18.3 Å². The van der Waals surface area contributed by atoms with Gasteiger partial charge in [-0.15, -0.1) is 0 Å². The minimum atomic E-state index is -2.19. The van der Waals surface area contributed by atoms with Crippen LogP contribution >= 0.6 is 12.2 Å². The predicted molar refractivity (Wildman–Crippen MR) is 101 cm³/mol. The molecular formula is C18H21N3O9S-4. The number of carboxylic acids is 4. The van der Waals surface area contributed by atoms with Crippen molar-refractivity contribution in [3.8, 4) is 5.88 Å². The fourth-order valence-electron chi connectivity index (χ4n) is 2.22. The number of hydrogen-bond acceptors (Lipinski definition) is 12. The number of fused-ring (bicyclic) bond motifs is 1. The van der Waals surface area contributed by atoms with E-state index in [0.29, 0.717) is 5.88 Å². The zero-order valence-electron chi connectivity index (χ0n) is 17.1. The Kier molecular flexibility index (Phi) is 12.3. The van der Waals surface area contributed by atoms with Crippen molar-refractivity contribution in [2.24, 2.45) is 0 Å². The summed E-state index contributed by atoms with van der Waals surface area (Å²) in [5, 5.41) is 35.7. The molecule has 12 nitrogen and oxygen atoms in total. The molecule has 1 aromatic rings. The Labute approximate surface area is 183 Å². The SMILES string of the molecule is CN(C)CCCC1CN(C)C(=S)c2cccnc2O1.O=C([O-])C(=O)[O-].O=C([O-])C(=O)[O-]. The molecule has 2 rings (SSSR count). The van der Waals surface area contributed by atoms with Crippen LogP contribution in [0.3, 0.4) is 0 Å². The lowest BCUT2D eigenvalue weighted by atomic mass is 10.2. The van der Waals surface area contributed by atoms with Crippen molar-refractivity contribution in [1.29, 1.82) is 0 Å². The molecule has 0 spiro atoms. The van der Waals surface area contributed by atoms with E-state index in [-0.39, 0.29) is 6.10 Å². The van der Waals surface area contributed by atoms with Gasteiger partial charge in [0, 0.05) is 13.2 Å². The van der Waals surface area contributed by atoms with Gasteiger partial charge in [0.05, 0.1) is 36.0 Å². The van der Waals surface area contributed by atoms with Gasteiger partial charge in [-0.1, -0.05) is 12.2 Å². The molecule has 2 heterocycles. The van der Waals surface area contributed by atoms with Crippen molar-refractivity contribution in [3.05, 3.63) is 23.9 Å². The van der Waals surface area contributed by atoms with Crippen molar-refractivity contribution >= 4 is 41.1 Å². The van der Waals surface area contributed by atoms with E-state index >= 15 is 0 Å². The Balaban J connectivity index is 0.000000620. The minimum absolute atomic E-state index is 0.152. The first-order chi connectivity index (χ1) is 14.4. The highest BCUT2D eigenvalue weighted by molar-refractivity contribution is 7.80. The van der Waals surface area contributed by atoms with Gasteiger partial charge in [0.2, 0.25) is 5.88 Å². The molecule has 1 aliphatic heterocycles. The summed E-state index contributed by atoms with van der Waals surface area (Å²) in [5.74, 6) is -8.07. The lowest BCUT2D eigenvalue weighted by molar-refractivity contribution is -0.345. The normalized spacial score (nSPS) is 14.5. The molecule has 0 radical (unpaired) electrons. The van der Waals surface area contributed by atoms with Gasteiger partial charge in [0.1, 0.15) is 11.1 Å². The number of pyridine rings is 1. The number of thiocarbonyl (C=S) groups is 1. The van der Waals surface area contributed by atoms with Crippen molar-refractivity contribution in [3.63, 3.8) is 0 Å². The van der Waals surface area contributed by atoms with Crippen LogP contribution in [-0.4, -0.2) is 84.0 Å². The standard InChI is InChI=1S/C14H21N3OS.2C2H2O4/c1-16(2)9-5-6-11-10-17(3)14(19)12-7-4-8-15-13(12)18-11;2*3-1(4)2(5)6/h4,7-8,11H,5-6,9-10H2,1-3H3;2*(H,3,4)(H,5,6)/p-4. The number of carbonyl (C=O) groups excluding carboxylic acids is 4. The zero-order valence-corrected chi connectivity index (χ0v) is 17.9. The lowest BCUT2D eigenvalue weighted by Crippen LogP contribution is -2.42. The Morgan fingerprint density at radius 3 is 2.10 bits per heavy atom. The molecule has 1 aliphatic rings. The molecule has 0 fully saturated rings. The summed E-state index contributed by atoms with van der Waals surface area (Å²) in [6.45, 7) is 1.89. The Bertz CT molecular complexity index is 753. The molecule has 172 valence electrons. The molecular weight excluding hydrogens is 434 g/mol. The summed E-state index contributed by atoms with van der Waals surface area (Å²) in [7, 11) is 6.20. The smallest absolute Gasteiger partial charge is 0.224 e. The molecule has 0 bridgehead atoms. The zero-order chi connectivity index (χ0) is 24.1. The molecule has 0 aliphatic carbocycles. The van der Waals surface area contributed by atoms with Gasteiger partial charge in [0.25, 0.3) is 0 Å². The van der Waals surface area contributed by atoms with E-state index in [4.69, 9.17) is 56.6 Å². The van der Waals surface area contributed by atoms with Gasteiger partial charge in [-0.25, -0.2) is 4.98 Å².